The first-order valence-corrected chi connectivity index (χ1v) is 13.1. The van der Waals surface area contributed by atoms with Crippen LogP contribution in [0.15, 0.2) is 53.0 Å². The van der Waals surface area contributed by atoms with Crippen molar-refractivity contribution in [1.29, 1.82) is 0 Å². The van der Waals surface area contributed by atoms with Crippen LogP contribution in [-0.2, 0) is 22.7 Å². The summed E-state index contributed by atoms with van der Waals surface area (Å²) in [6.45, 7) is 9.68. The Labute approximate surface area is 211 Å². The number of amides is 2. The van der Waals surface area contributed by atoms with E-state index in [-0.39, 0.29) is 23.7 Å². The standard InChI is InChI=1S/C27H35BrN4O2/c1-20(2)26(33)32-18-23(19-32)27(34)31-14-13-30(16-21-7-4-3-5-8-21)12-6-11-29-25-10-9-24(28)15-22(25)17-31/h3-5,7-10,15,20,23,29H,6,11-14,16-19H2,1-2H3. The molecule has 2 aromatic rings. The highest BCUT2D eigenvalue weighted by Crippen LogP contribution is 2.26. The summed E-state index contributed by atoms with van der Waals surface area (Å²) in [7, 11) is 0. The van der Waals surface area contributed by atoms with Crippen molar-refractivity contribution in [3.05, 3.63) is 64.1 Å². The first-order chi connectivity index (χ1) is 16.4. The van der Waals surface area contributed by atoms with Gasteiger partial charge in [0.05, 0.1) is 5.92 Å². The monoisotopic (exact) mass is 526 g/mol. The number of halogens is 1. The SMILES string of the molecule is CC(C)C(=O)N1CC(C(=O)N2CCN(Cc3ccccc3)CCCNc3ccc(Br)cc3C2)C1. The van der Waals surface area contributed by atoms with Gasteiger partial charge in [-0.05, 0) is 35.7 Å². The van der Waals surface area contributed by atoms with E-state index in [1.807, 2.05) is 35.8 Å². The molecule has 0 aromatic heterocycles. The van der Waals surface area contributed by atoms with E-state index in [0.717, 1.165) is 48.3 Å². The fourth-order valence-electron chi connectivity index (χ4n) is 4.68. The smallest absolute Gasteiger partial charge is 0.229 e. The maximum Gasteiger partial charge on any atom is 0.229 e. The molecule has 0 unspecified atom stereocenters. The van der Waals surface area contributed by atoms with Crippen LogP contribution < -0.4 is 5.32 Å². The number of anilines is 1. The van der Waals surface area contributed by atoms with Gasteiger partial charge in [-0.1, -0.05) is 60.1 Å². The van der Waals surface area contributed by atoms with Crippen LogP contribution >= 0.6 is 15.9 Å². The largest absolute Gasteiger partial charge is 0.385 e. The Hall–Kier alpha value is -2.38. The van der Waals surface area contributed by atoms with E-state index in [0.29, 0.717) is 26.2 Å². The minimum atomic E-state index is -0.112. The third kappa shape index (κ3) is 6.19. The molecule has 1 N–H and O–H groups in total. The van der Waals surface area contributed by atoms with Crippen molar-refractivity contribution in [2.24, 2.45) is 11.8 Å². The van der Waals surface area contributed by atoms with Gasteiger partial charge < -0.3 is 15.1 Å². The highest BCUT2D eigenvalue weighted by molar-refractivity contribution is 9.10. The van der Waals surface area contributed by atoms with Gasteiger partial charge in [-0.25, -0.2) is 0 Å². The first-order valence-electron chi connectivity index (χ1n) is 12.3. The van der Waals surface area contributed by atoms with Crippen LogP contribution in [0.25, 0.3) is 0 Å². The molecule has 6 nitrogen and oxygen atoms in total. The predicted molar refractivity (Wildman–Crippen MR) is 139 cm³/mol. The molecular formula is C27H35BrN4O2. The van der Waals surface area contributed by atoms with Crippen molar-refractivity contribution < 1.29 is 9.59 Å². The van der Waals surface area contributed by atoms with Gasteiger partial charge >= 0.3 is 0 Å². The molecule has 0 atom stereocenters. The summed E-state index contributed by atoms with van der Waals surface area (Å²) >= 11 is 3.60. The Bertz CT molecular complexity index is 991. The van der Waals surface area contributed by atoms with E-state index in [4.69, 9.17) is 0 Å². The Balaban J connectivity index is 1.50. The average Bonchev–Trinajstić information content (AvgIpc) is 2.82. The number of benzene rings is 2. The van der Waals surface area contributed by atoms with E-state index in [2.05, 4.69) is 62.5 Å². The van der Waals surface area contributed by atoms with Crippen molar-refractivity contribution >= 4 is 33.4 Å². The molecule has 0 radical (unpaired) electrons. The van der Waals surface area contributed by atoms with Gasteiger partial charge in [-0.3, -0.25) is 14.5 Å². The normalized spacial score (nSPS) is 18.0. The molecular weight excluding hydrogens is 492 g/mol. The van der Waals surface area contributed by atoms with Crippen LogP contribution in [0.3, 0.4) is 0 Å². The molecule has 2 aliphatic heterocycles. The van der Waals surface area contributed by atoms with Gasteiger partial charge in [-0.2, -0.15) is 0 Å². The van der Waals surface area contributed by atoms with Crippen LogP contribution in [-0.4, -0.2) is 65.8 Å². The van der Waals surface area contributed by atoms with E-state index in [1.54, 1.807) is 0 Å². The minimum Gasteiger partial charge on any atom is -0.385 e. The Morgan fingerprint density at radius 1 is 1.03 bits per heavy atom. The van der Waals surface area contributed by atoms with Gasteiger partial charge in [0.25, 0.3) is 0 Å². The molecule has 2 amide bonds. The van der Waals surface area contributed by atoms with Gasteiger partial charge in [0.15, 0.2) is 0 Å². The van der Waals surface area contributed by atoms with Gasteiger partial charge in [0, 0.05) is 68.4 Å². The third-order valence-electron chi connectivity index (χ3n) is 6.68. The number of rotatable bonds is 4. The minimum absolute atomic E-state index is 0.0318. The van der Waals surface area contributed by atoms with Crippen LogP contribution in [0.2, 0.25) is 0 Å². The van der Waals surface area contributed by atoms with E-state index < -0.39 is 0 Å². The second-order valence-corrected chi connectivity index (χ2v) is 10.6. The maximum absolute atomic E-state index is 13.6. The molecule has 2 aliphatic rings. The number of fused-ring (bicyclic) bond motifs is 1. The summed E-state index contributed by atoms with van der Waals surface area (Å²) in [5, 5.41) is 3.59. The summed E-state index contributed by atoms with van der Waals surface area (Å²) in [5.74, 6) is 0.140. The first kappa shape index (κ1) is 24.7. The second-order valence-electron chi connectivity index (χ2n) is 9.70. The predicted octanol–water partition coefficient (Wildman–Crippen LogP) is 4.21. The third-order valence-corrected chi connectivity index (χ3v) is 7.17. The summed E-state index contributed by atoms with van der Waals surface area (Å²) in [4.78, 5) is 32.1. The van der Waals surface area contributed by atoms with Crippen LogP contribution in [0.1, 0.15) is 31.4 Å². The van der Waals surface area contributed by atoms with Crippen molar-refractivity contribution in [2.75, 3.05) is 44.6 Å². The van der Waals surface area contributed by atoms with E-state index in [1.165, 1.54) is 5.56 Å². The molecule has 2 heterocycles. The topological polar surface area (TPSA) is 55.9 Å². The van der Waals surface area contributed by atoms with Crippen molar-refractivity contribution in [2.45, 2.75) is 33.4 Å². The summed E-state index contributed by atoms with van der Waals surface area (Å²) in [5.41, 5.74) is 3.49. The number of nitrogens with one attached hydrogen (secondary N) is 1. The lowest BCUT2D eigenvalue weighted by Crippen LogP contribution is -2.57. The van der Waals surface area contributed by atoms with Crippen molar-refractivity contribution in [1.82, 2.24) is 14.7 Å². The van der Waals surface area contributed by atoms with E-state index >= 15 is 0 Å². The number of carbonyl (C=O) groups is 2. The second kappa shape index (κ2) is 11.4. The lowest BCUT2D eigenvalue weighted by Gasteiger charge is -2.41. The summed E-state index contributed by atoms with van der Waals surface area (Å²) in [6, 6.07) is 16.8. The zero-order valence-electron chi connectivity index (χ0n) is 20.2. The quantitative estimate of drug-likeness (QED) is 0.648. The molecule has 0 bridgehead atoms. The molecule has 2 aromatic carbocycles. The van der Waals surface area contributed by atoms with Gasteiger partial charge in [-0.15, -0.1) is 0 Å². The Morgan fingerprint density at radius 2 is 1.79 bits per heavy atom. The number of hydrogen-bond acceptors (Lipinski definition) is 4. The lowest BCUT2D eigenvalue weighted by molar-refractivity contribution is -0.150. The fourth-order valence-corrected chi connectivity index (χ4v) is 5.08. The summed E-state index contributed by atoms with van der Waals surface area (Å²) < 4.78 is 1.01. The highest BCUT2D eigenvalue weighted by atomic mass is 79.9. The van der Waals surface area contributed by atoms with Crippen molar-refractivity contribution in [3.8, 4) is 0 Å². The number of nitrogens with zero attached hydrogens (tertiary/aromatic N) is 3. The zero-order valence-corrected chi connectivity index (χ0v) is 21.8. The number of likely N-dealkylation sites (tertiary alicyclic amines) is 1. The fraction of sp³-hybridized carbons (Fsp3) is 0.481. The molecule has 34 heavy (non-hydrogen) atoms. The number of carbonyl (C=O) groups excluding carboxylic acids is 2. The highest BCUT2D eigenvalue weighted by Gasteiger charge is 2.38. The van der Waals surface area contributed by atoms with Gasteiger partial charge in [0.1, 0.15) is 0 Å². The Morgan fingerprint density at radius 3 is 2.53 bits per heavy atom. The van der Waals surface area contributed by atoms with Crippen LogP contribution in [0, 0.1) is 11.8 Å². The molecule has 0 saturated carbocycles. The maximum atomic E-state index is 13.6. The molecule has 0 aliphatic carbocycles. The molecule has 1 saturated heterocycles. The Kier molecular flexibility index (Phi) is 8.27. The number of hydrogen-bond donors (Lipinski definition) is 1. The molecule has 182 valence electrons. The molecule has 1 fully saturated rings. The zero-order chi connectivity index (χ0) is 24.1. The molecule has 0 spiro atoms. The average molecular weight is 528 g/mol. The van der Waals surface area contributed by atoms with Crippen LogP contribution in [0.5, 0.6) is 0 Å². The van der Waals surface area contributed by atoms with Crippen molar-refractivity contribution in [3.63, 3.8) is 0 Å². The molecule has 7 heteroatoms. The molecule has 4 rings (SSSR count). The van der Waals surface area contributed by atoms with E-state index in [9.17, 15) is 9.59 Å². The van der Waals surface area contributed by atoms with Crippen LogP contribution in [0.4, 0.5) is 5.69 Å². The lowest BCUT2D eigenvalue weighted by atomic mass is 9.96. The van der Waals surface area contributed by atoms with Gasteiger partial charge in [0.2, 0.25) is 11.8 Å². The summed E-state index contributed by atoms with van der Waals surface area (Å²) in [6.07, 6.45) is 1.03.